The molecular weight excluding hydrogens is 454 g/mol. The van der Waals surface area contributed by atoms with Gasteiger partial charge in [-0.05, 0) is 35.7 Å². The highest BCUT2D eigenvalue weighted by Crippen LogP contribution is 2.43. The topological polar surface area (TPSA) is 77.2 Å². The number of nitrogen functional groups attached to an aromatic ring is 1. The molecule has 5 aromatic rings. The van der Waals surface area contributed by atoms with E-state index >= 15 is 0 Å². The van der Waals surface area contributed by atoms with Crippen LogP contribution in [-0.4, -0.2) is 18.0 Å². The first-order valence-electron chi connectivity index (χ1n) is 11.4. The van der Waals surface area contributed by atoms with Gasteiger partial charge in [-0.25, -0.2) is 4.98 Å². The molecule has 35 heavy (non-hydrogen) atoms. The SMILES string of the molecule is CCc1ccccc1NC(=O)c1sc2nc(-c3ccccc3)cc(-c3ccccc3OC)c2c1N. The minimum Gasteiger partial charge on any atom is -0.496 e. The first-order valence-corrected chi connectivity index (χ1v) is 12.2. The molecule has 1 amide bonds. The molecule has 5 nitrogen and oxygen atoms in total. The summed E-state index contributed by atoms with van der Waals surface area (Å²) in [7, 11) is 1.65. The van der Waals surface area contributed by atoms with Gasteiger partial charge in [-0.2, -0.15) is 0 Å². The number of hydrogen-bond acceptors (Lipinski definition) is 5. The number of hydrogen-bond donors (Lipinski definition) is 2. The Kier molecular flexibility index (Phi) is 6.21. The second-order valence-electron chi connectivity index (χ2n) is 8.11. The van der Waals surface area contributed by atoms with E-state index in [1.165, 1.54) is 11.3 Å². The average molecular weight is 480 g/mol. The van der Waals surface area contributed by atoms with Gasteiger partial charge in [-0.1, -0.05) is 73.7 Å². The number of benzene rings is 3. The molecule has 0 atom stereocenters. The van der Waals surface area contributed by atoms with E-state index in [-0.39, 0.29) is 5.91 Å². The molecule has 2 heterocycles. The number of aromatic nitrogens is 1. The molecule has 0 saturated carbocycles. The van der Waals surface area contributed by atoms with E-state index in [1.807, 2.05) is 84.9 Å². The average Bonchev–Trinajstić information content (AvgIpc) is 3.25. The Morgan fingerprint density at radius 1 is 0.971 bits per heavy atom. The number of nitrogens with two attached hydrogens (primary N) is 1. The minimum atomic E-state index is -0.237. The third-order valence-corrected chi connectivity index (χ3v) is 7.12. The van der Waals surface area contributed by atoms with Crippen LogP contribution in [0.25, 0.3) is 32.6 Å². The highest BCUT2D eigenvalue weighted by atomic mass is 32.1. The first-order chi connectivity index (χ1) is 17.1. The predicted octanol–water partition coefficient (Wildman–Crippen LogP) is 7.04. The zero-order valence-electron chi connectivity index (χ0n) is 19.5. The molecule has 0 aliphatic carbocycles. The van der Waals surface area contributed by atoms with Gasteiger partial charge >= 0.3 is 0 Å². The monoisotopic (exact) mass is 479 g/mol. The smallest absolute Gasteiger partial charge is 0.267 e. The molecule has 5 rings (SSSR count). The largest absolute Gasteiger partial charge is 0.496 e. The van der Waals surface area contributed by atoms with Crippen molar-refractivity contribution in [3.63, 3.8) is 0 Å². The van der Waals surface area contributed by atoms with Gasteiger partial charge in [0.1, 0.15) is 15.5 Å². The normalized spacial score (nSPS) is 10.9. The van der Waals surface area contributed by atoms with E-state index < -0.39 is 0 Å². The molecule has 0 aliphatic rings. The van der Waals surface area contributed by atoms with Crippen molar-refractivity contribution in [2.24, 2.45) is 0 Å². The van der Waals surface area contributed by atoms with Crippen LogP contribution in [0.15, 0.2) is 84.9 Å². The van der Waals surface area contributed by atoms with E-state index in [2.05, 4.69) is 12.2 Å². The summed E-state index contributed by atoms with van der Waals surface area (Å²) in [6.07, 6.45) is 0.818. The van der Waals surface area contributed by atoms with Crippen molar-refractivity contribution in [1.29, 1.82) is 0 Å². The molecule has 2 aromatic heterocycles. The molecule has 0 fully saturated rings. The lowest BCUT2D eigenvalue weighted by atomic mass is 9.98. The Morgan fingerprint density at radius 3 is 2.46 bits per heavy atom. The molecule has 0 bridgehead atoms. The van der Waals surface area contributed by atoms with Crippen LogP contribution in [0.3, 0.4) is 0 Å². The van der Waals surface area contributed by atoms with Gasteiger partial charge < -0.3 is 15.8 Å². The Labute approximate surface area is 208 Å². The van der Waals surface area contributed by atoms with Crippen LogP contribution >= 0.6 is 11.3 Å². The van der Waals surface area contributed by atoms with Crippen molar-refractivity contribution < 1.29 is 9.53 Å². The van der Waals surface area contributed by atoms with Gasteiger partial charge in [-0.3, -0.25) is 4.79 Å². The Morgan fingerprint density at radius 2 is 1.69 bits per heavy atom. The number of aryl methyl sites for hydroxylation is 1. The summed E-state index contributed by atoms with van der Waals surface area (Å²) >= 11 is 1.31. The molecular formula is C29H25N3O2S. The van der Waals surface area contributed by atoms with Crippen molar-refractivity contribution >= 4 is 38.8 Å². The van der Waals surface area contributed by atoms with Crippen LogP contribution in [0.5, 0.6) is 5.75 Å². The maximum Gasteiger partial charge on any atom is 0.267 e. The number of nitrogens with zero attached hydrogens (tertiary/aromatic N) is 1. The number of fused-ring (bicyclic) bond motifs is 1. The highest BCUT2D eigenvalue weighted by molar-refractivity contribution is 7.21. The van der Waals surface area contributed by atoms with Gasteiger partial charge in [-0.15, -0.1) is 11.3 Å². The van der Waals surface area contributed by atoms with Gasteiger partial charge in [0, 0.05) is 22.2 Å². The van der Waals surface area contributed by atoms with Crippen LogP contribution in [0.2, 0.25) is 0 Å². The molecule has 0 radical (unpaired) electrons. The zero-order chi connectivity index (χ0) is 24.4. The number of carbonyl (C=O) groups excluding carboxylic acids is 1. The molecule has 3 N–H and O–H groups in total. The summed E-state index contributed by atoms with van der Waals surface area (Å²) in [6.45, 7) is 2.06. The Hall–Kier alpha value is -4.16. The number of pyridine rings is 1. The summed E-state index contributed by atoms with van der Waals surface area (Å²) in [5.74, 6) is 0.492. The summed E-state index contributed by atoms with van der Waals surface area (Å²) in [6, 6.07) is 27.6. The summed E-state index contributed by atoms with van der Waals surface area (Å²) < 4.78 is 5.66. The number of anilines is 2. The van der Waals surface area contributed by atoms with Crippen LogP contribution in [0.1, 0.15) is 22.2 Å². The molecule has 0 unspecified atom stereocenters. The van der Waals surface area contributed by atoms with E-state index in [1.54, 1.807) is 7.11 Å². The predicted molar refractivity (Wildman–Crippen MR) is 145 cm³/mol. The maximum atomic E-state index is 13.4. The standard InChI is InChI=1S/C29H25N3O2S/c1-3-18-11-7-9-15-22(18)31-28(33)27-26(30)25-21(20-14-8-10-16-24(20)34-2)17-23(32-29(25)35-27)19-12-5-4-6-13-19/h4-17H,3,30H2,1-2H3,(H,31,33). The van der Waals surface area contributed by atoms with Crippen molar-refractivity contribution in [2.45, 2.75) is 13.3 Å². The van der Waals surface area contributed by atoms with Gasteiger partial charge in [0.25, 0.3) is 5.91 Å². The van der Waals surface area contributed by atoms with Gasteiger partial charge in [0.05, 0.1) is 18.5 Å². The number of methoxy groups -OCH3 is 1. The molecule has 0 aliphatic heterocycles. The second-order valence-corrected chi connectivity index (χ2v) is 9.11. The lowest BCUT2D eigenvalue weighted by Crippen LogP contribution is -2.13. The van der Waals surface area contributed by atoms with Crippen molar-refractivity contribution in [1.82, 2.24) is 4.98 Å². The number of ether oxygens (including phenoxy) is 1. The molecule has 6 heteroatoms. The highest BCUT2D eigenvalue weighted by Gasteiger charge is 2.23. The van der Waals surface area contributed by atoms with E-state index in [4.69, 9.17) is 15.5 Å². The van der Waals surface area contributed by atoms with Crippen LogP contribution < -0.4 is 15.8 Å². The number of thiophene rings is 1. The van der Waals surface area contributed by atoms with Crippen LogP contribution in [-0.2, 0) is 6.42 Å². The van der Waals surface area contributed by atoms with Crippen LogP contribution in [0, 0.1) is 0 Å². The van der Waals surface area contributed by atoms with Gasteiger partial charge in [0.15, 0.2) is 0 Å². The number of para-hydroxylation sites is 2. The third-order valence-electron chi connectivity index (χ3n) is 6.02. The number of rotatable bonds is 6. The molecule has 3 aromatic carbocycles. The lowest BCUT2D eigenvalue weighted by molar-refractivity contribution is 0.103. The zero-order valence-corrected chi connectivity index (χ0v) is 20.4. The van der Waals surface area contributed by atoms with E-state index in [0.29, 0.717) is 15.4 Å². The minimum absolute atomic E-state index is 0.237. The number of nitrogens with one attached hydrogen (secondary N) is 1. The second kappa shape index (κ2) is 9.60. The third kappa shape index (κ3) is 4.24. The molecule has 0 saturated heterocycles. The van der Waals surface area contributed by atoms with E-state index in [9.17, 15) is 4.79 Å². The number of amides is 1. The Balaban J connectivity index is 1.70. The fourth-order valence-electron chi connectivity index (χ4n) is 4.26. The fourth-order valence-corrected chi connectivity index (χ4v) is 5.27. The first kappa shape index (κ1) is 22.6. The Bertz CT molecular complexity index is 1530. The summed E-state index contributed by atoms with van der Waals surface area (Å²) in [4.78, 5) is 19.4. The summed E-state index contributed by atoms with van der Waals surface area (Å²) in [5.41, 5.74) is 12.5. The van der Waals surface area contributed by atoms with Crippen molar-refractivity contribution in [2.75, 3.05) is 18.2 Å². The summed E-state index contributed by atoms with van der Waals surface area (Å²) in [5, 5.41) is 3.80. The number of carbonyl (C=O) groups is 1. The van der Waals surface area contributed by atoms with Crippen molar-refractivity contribution in [3.8, 4) is 28.1 Å². The quantitative estimate of drug-likeness (QED) is 0.274. The molecule has 0 spiro atoms. The fraction of sp³-hybridized carbons (Fsp3) is 0.103. The lowest BCUT2D eigenvalue weighted by Gasteiger charge is -2.12. The van der Waals surface area contributed by atoms with Crippen molar-refractivity contribution in [3.05, 3.63) is 95.4 Å². The molecule has 174 valence electrons. The van der Waals surface area contributed by atoms with Gasteiger partial charge in [0.2, 0.25) is 0 Å². The van der Waals surface area contributed by atoms with Crippen LogP contribution in [0.4, 0.5) is 11.4 Å². The van der Waals surface area contributed by atoms with E-state index in [0.717, 1.165) is 51.2 Å². The maximum absolute atomic E-state index is 13.4.